The highest BCUT2D eigenvalue weighted by Gasteiger charge is 2.06. The van der Waals surface area contributed by atoms with E-state index in [1.54, 1.807) is 6.92 Å². The van der Waals surface area contributed by atoms with Crippen molar-refractivity contribution in [3.63, 3.8) is 0 Å². The lowest BCUT2D eigenvalue weighted by Crippen LogP contribution is -2.33. The molecule has 1 aromatic carbocycles. The molecule has 0 aliphatic heterocycles. The van der Waals surface area contributed by atoms with Gasteiger partial charge in [-0.25, -0.2) is 8.78 Å². The maximum absolute atomic E-state index is 13.5. The van der Waals surface area contributed by atoms with E-state index in [0.717, 1.165) is 25.5 Å². The van der Waals surface area contributed by atoms with Crippen molar-refractivity contribution in [3.05, 3.63) is 35.4 Å². The highest BCUT2D eigenvalue weighted by atomic mass is 32.1. The summed E-state index contributed by atoms with van der Waals surface area (Å²) in [7, 11) is 0. The number of thiocarbonyl (C=S) groups is 1. The van der Waals surface area contributed by atoms with Crippen LogP contribution in [0.4, 0.5) is 8.78 Å². The minimum Gasteiger partial charge on any atom is -0.361 e. The third-order valence-electron chi connectivity index (χ3n) is 2.46. The minimum absolute atomic E-state index is 0.241. The molecular formula is C13H17F2N3S. The average molecular weight is 285 g/mol. The van der Waals surface area contributed by atoms with Crippen LogP contribution >= 0.6 is 12.2 Å². The third kappa shape index (κ3) is 5.30. The summed E-state index contributed by atoms with van der Waals surface area (Å²) in [4.78, 5) is 0. The molecule has 1 rings (SSSR count). The minimum atomic E-state index is -0.645. The Bertz CT molecular complexity index is 475. The molecule has 104 valence electrons. The van der Waals surface area contributed by atoms with Crippen LogP contribution in [0.5, 0.6) is 0 Å². The van der Waals surface area contributed by atoms with Crippen LogP contribution in [-0.2, 0) is 0 Å². The van der Waals surface area contributed by atoms with Crippen molar-refractivity contribution in [2.45, 2.75) is 26.7 Å². The number of nitrogens with one attached hydrogen (secondary N) is 2. The van der Waals surface area contributed by atoms with E-state index in [0.29, 0.717) is 10.8 Å². The molecule has 0 unspecified atom stereocenters. The largest absolute Gasteiger partial charge is 0.361 e. The summed E-state index contributed by atoms with van der Waals surface area (Å²) < 4.78 is 26.2. The summed E-state index contributed by atoms with van der Waals surface area (Å²) in [6.07, 6.45) is 2.08. The maximum Gasteiger partial charge on any atom is 0.186 e. The molecule has 0 aliphatic rings. The number of hydrogen-bond donors (Lipinski definition) is 2. The van der Waals surface area contributed by atoms with E-state index in [1.807, 2.05) is 0 Å². The SMILES string of the molecule is CCCCNC(=S)N/N=C(/C)c1ccc(F)cc1F. The van der Waals surface area contributed by atoms with Gasteiger partial charge in [0.1, 0.15) is 11.6 Å². The summed E-state index contributed by atoms with van der Waals surface area (Å²) in [5.41, 5.74) is 3.27. The van der Waals surface area contributed by atoms with Gasteiger partial charge in [-0.15, -0.1) is 0 Å². The Morgan fingerprint density at radius 1 is 1.37 bits per heavy atom. The number of hydrazone groups is 1. The fourth-order valence-corrected chi connectivity index (χ4v) is 1.54. The Hall–Kier alpha value is -1.56. The Morgan fingerprint density at radius 3 is 2.74 bits per heavy atom. The lowest BCUT2D eigenvalue weighted by Gasteiger charge is -2.07. The molecule has 3 nitrogen and oxygen atoms in total. The van der Waals surface area contributed by atoms with Crippen LogP contribution in [0.3, 0.4) is 0 Å². The van der Waals surface area contributed by atoms with Gasteiger partial charge in [-0.3, -0.25) is 5.43 Å². The molecule has 0 radical (unpaired) electrons. The molecule has 19 heavy (non-hydrogen) atoms. The quantitative estimate of drug-likeness (QED) is 0.378. The molecule has 0 saturated carbocycles. The number of nitrogens with zero attached hydrogens (tertiary/aromatic N) is 1. The molecule has 0 atom stereocenters. The summed E-state index contributed by atoms with van der Waals surface area (Å²) in [6, 6.07) is 3.36. The van der Waals surface area contributed by atoms with Crippen LogP contribution in [-0.4, -0.2) is 17.4 Å². The number of halogens is 2. The lowest BCUT2D eigenvalue weighted by atomic mass is 10.1. The average Bonchev–Trinajstić information content (AvgIpc) is 2.36. The summed E-state index contributed by atoms with van der Waals surface area (Å²) >= 11 is 5.01. The van der Waals surface area contributed by atoms with E-state index in [4.69, 9.17) is 12.2 Å². The first-order valence-electron chi connectivity index (χ1n) is 6.08. The monoisotopic (exact) mass is 285 g/mol. The molecule has 0 amide bonds. The Morgan fingerprint density at radius 2 is 2.11 bits per heavy atom. The highest BCUT2D eigenvalue weighted by Crippen LogP contribution is 2.10. The van der Waals surface area contributed by atoms with Gasteiger partial charge in [0, 0.05) is 18.2 Å². The zero-order chi connectivity index (χ0) is 14.3. The zero-order valence-corrected chi connectivity index (χ0v) is 11.8. The van der Waals surface area contributed by atoms with Crippen molar-refractivity contribution < 1.29 is 8.78 Å². The van der Waals surface area contributed by atoms with Crippen LogP contribution in [0.25, 0.3) is 0 Å². The normalized spacial score (nSPS) is 11.3. The molecular weight excluding hydrogens is 268 g/mol. The van der Waals surface area contributed by atoms with Crippen LogP contribution in [0.1, 0.15) is 32.3 Å². The van der Waals surface area contributed by atoms with E-state index in [1.165, 1.54) is 12.1 Å². The highest BCUT2D eigenvalue weighted by molar-refractivity contribution is 7.80. The molecule has 2 N–H and O–H groups in total. The van der Waals surface area contributed by atoms with E-state index >= 15 is 0 Å². The second-order valence-electron chi connectivity index (χ2n) is 4.04. The van der Waals surface area contributed by atoms with Gasteiger partial charge >= 0.3 is 0 Å². The molecule has 0 heterocycles. The molecule has 6 heteroatoms. The lowest BCUT2D eigenvalue weighted by molar-refractivity contribution is 0.581. The van der Waals surface area contributed by atoms with Crippen molar-refractivity contribution in [1.29, 1.82) is 0 Å². The van der Waals surface area contributed by atoms with Crippen molar-refractivity contribution >= 4 is 23.0 Å². The molecule has 0 aliphatic carbocycles. The smallest absolute Gasteiger partial charge is 0.186 e. The number of unbranched alkanes of at least 4 members (excludes halogenated alkanes) is 1. The van der Waals surface area contributed by atoms with Crippen LogP contribution < -0.4 is 10.7 Å². The van der Waals surface area contributed by atoms with Gasteiger partial charge < -0.3 is 5.32 Å². The molecule has 1 aromatic rings. The fraction of sp³-hybridized carbons (Fsp3) is 0.385. The van der Waals surface area contributed by atoms with Gasteiger partial charge in [-0.05, 0) is 37.7 Å². The summed E-state index contributed by atoms with van der Waals surface area (Å²) in [6.45, 7) is 4.47. The van der Waals surface area contributed by atoms with Crippen LogP contribution in [0, 0.1) is 11.6 Å². The Kier molecular flexibility index (Phi) is 6.35. The van der Waals surface area contributed by atoms with Gasteiger partial charge in [0.25, 0.3) is 0 Å². The summed E-state index contributed by atoms with van der Waals surface area (Å²) in [5.74, 6) is -1.26. The Labute approximate surface area is 117 Å². The zero-order valence-electron chi connectivity index (χ0n) is 11.0. The summed E-state index contributed by atoms with van der Waals surface area (Å²) in [5, 5.41) is 7.32. The third-order valence-corrected chi connectivity index (χ3v) is 2.70. The van der Waals surface area contributed by atoms with E-state index < -0.39 is 11.6 Å². The van der Waals surface area contributed by atoms with Gasteiger partial charge in [-0.1, -0.05) is 13.3 Å². The molecule has 0 bridgehead atoms. The number of benzene rings is 1. The van der Waals surface area contributed by atoms with E-state index in [9.17, 15) is 8.78 Å². The van der Waals surface area contributed by atoms with E-state index in [2.05, 4.69) is 22.8 Å². The van der Waals surface area contributed by atoms with Gasteiger partial charge in [0.15, 0.2) is 5.11 Å². The molecule has 0 saturated heterocycles. The molecule has 0 aromatic heterocycles. The topological polar surface area (TPSA) is 36.4 Å². The van der Waals surface area contributed by atoms with Gasteiger partial charge in [-0.2, -0.15) is 5.10 Å². The second kappa shape index (κ2) is 7.78. The first kappa shape index (κ1) is 15.5. The second-order valence-corrected chi connectivity index (χ2v) is 4.45. The fourth-order valence-electron chi connectivity index (χ4n) is 1.40. The Balaban J connectivity index is 2.59. The van der Waals surface area contributed by atoms with Crippen molar-refractivity contribution in [2.24, 2.45) is 5.10 Å². The maximum atomic E-state index is 13.5. The van der Waals surface area contributed by atoms with Gasteiger partial charge in [0.05, 0.1) is 5.71 Å². The molecule has 0 fully saturated rings. The van der Waals surface area contributed by atoms with Crippen molar-refractivity contribution in [3.8, 4) is 0 Å². The van der Waals surface area contributed by atoms with Crippen LogP contribution in [0.2, 0.25) is 0 Å². The van der Waals surface area contributed by atoms with Crippen LogP contribution in [0.15, 0.2) is 23.3 Å². The first-order chi connectivity index (χ1) is 9.04. The standard InChI is InChI=1S/C13H17F2N3S/c1-3-4-7-16-13(19)18-17-9(2)11-6-5-10(14)8-12(11)15/h5-6,8H,3-4,7H2,1-2H3,(H2,16,18,19)/b17-9-. The van der Waals surface area contributed by atoms with E-state index in [-0.39, 0.29) is 5.56 Å². The van der Waals surface area contributed by atoms with Gasteiger partial charge in [0.2, 0.25) is 0 Å². The van der Waals surface area contributed by atoms with Crippen molar-refractivity contribution in [1.82, 2.24) is 10.7 Å². The molecule has 0 spiro atoms. The first-order valence-corrected chi connectivity index (χ1v) is 6.49. The number of hydrogen-bond acceptors (Lipinski definition) is 2. The predicted molar refractivity (Wildman–Crippen MR) is 77.2 cm³/mol. The predicted octanol–water partition coefficient (Wildman–Crippen LogP) is 2.95. The van der Waals surface area contributed by atoms with Crippen molar-refractivity contribution in [2.75, 3.05) is 6.54 Å². The number of rotatable bonds is 5.